The minimum atomic E-state index is -1.38. The summed E-state index contributed by atoms with van der Waals surface area (Å²) in [6.45, 7) is 1.03. The number of methoxy groups -OCH3 is 1. The van der Waals surface area contributed by atoms with E-state index in [0.29, 0.717) is 13.0 Å². The van der Waals surface area contributed by atoms with Crippen LogP contribution in [0.15, 0.2) is 273 Å². The smallest absolute Gasteiger partial charge is 0.338 e. The minimum absolute atomic E-state index is 0.0499. The van der Waals surface area contributed by atoms with Crippen molar-refractivity contribution in [1.29, 1.82) is 0 Å². The second kappa shape index (κ2) is 38.4. The summed E-state index contributed by atoms with van der Waals surface area (Å²) in [6, 6.07) is 86.2. The van der Waals surface area contributed by atoms with Gasteiger partial charge in [-0.05, 0) is 70.5 Å². The fraction of sp³-hybridized carbons (Fsp3) is 0.349. The molecule has 13 rings (SSSR count). The van der Waals surface area contributed by atoms with Gasteiger partial charge in [0.1, 0.15) is 56.3 Å². The van der Waals surface area contributed by atoms with Crippen LogP contribution in [0.1, 0.15) is 78.8 Å². The van der Waals surface area contributed by atoms with Crippen LogP contribution < -0.4 is 0 Å². The maximum Gasteiger partial charge on any atom is 0.338 e. The molecule has 18 nitrogen and oxygen atoms in total. The van der Waals surface area contributed by atoms with Crippen molar-refractivity contribution in [3.05, 3.63) is 323 Å². The van der Waals surface area contributed by atoms with Gasteiger partial charge < -0.3 is 75.8 Å². The van der Waals surface area contributed by atoms with Crippen molar-refractivity contribution in [2.45, 2.75) is 138 Å². The Labute approximate surface area is 608 Å². The molecule has 2 heterocycles. The lowest BCUT2D eigenvalue weighted by molar-refractivity contribution is -0.381. The van der Waals surface area contributed by atoms with E-state index >= 15 is 9.59 Å². The summed E-state index contributed by atoms with van der Waals surface area (Å²) in [5, 5.41) is 0. The van der Waals surface area contributed by atoms with Gasteiger partial charge in [0.15, 0.2) is 24.8 Å². The van der Waals surface area contributed by atoms with Crippen molar-refractivity contribution in [2.24, 2.45) is 11.8 Å². The third kappa shape index (κ3) is 20.2. The van der Waals surface area contributed by atoms with Gasteiger partial charge in [-0.3, -0.25) is 0 Å². The largest absolute Gasteiger partial charge is 0.452 e. The predicted octanol–water partition coefficient (Wildman–Crippen LogP) is 14.2. The molecule has 9 aromatic rings. The second-order valence-electron chi connectivity index (χ2n) is 26.4. The Morgan fingerprint density at radius 1 is 0.356 bits per heavy atom. The molecule has 4 aliphatic rings. The van der Waals surface area contributed by atoms with Gasteiger partial charge in [0, 0.05) is 24.5 Å². The zero-order valence-corrected chi connectivity index (χ0v) is 58.3. The van der Waals surface area contributed by atoms with E-state index < -0.39 is 110 Å². The van der Waals surface area contributed by atoms with E-state index in [0.717, 1.165) is 38.9 Å². The van der Waals surface area contributed by atoms with Crippen molar-refractivity contribution < 1.29 is 85.4 Å². The molecule has 0 spiro atoms. The molecule has 4 fully saturated rings. The maximum absolute atomic E-state index is 15.2. The van der Waals surface area contributed by atoms with E-state index in [9.17, 15) is 0 Å². The fourth-order valence-electron chi connectivity index (χ4n) is 13.9. The molecule has 2 saturated carbocycles. The molecule has 0 radical (unpaired) electrons. The lowest BCUT2D eigenvalue weighted by atomic mass is 9.78. The topological polar surface area (TPSA) is 182 Å². The Morgan fingerprint density at radius 2 is 0.760 bits per heavy atom. The van der Waals surface area contributed by atoms with E-state index in [4.69, 9.17) is 75.8 Å². The highest BCUT2D eigenvalue weighted by atomic mass is 16.8. The van der Waals surface area contributed by atoms with Crippen LogP contribution in [0.25, 0.3) is 0 Å². The van der Waals surface area contributed by atoms with E-state index in [1.807, 2.05) is 224 Å². The normalized spacial score (nSPS) is 26.0. The molecule has 542 valence electrons. The molecule has 0 bridgehead atoms. The average molecular weight is 1410 g/mol. The quantitative estimate of drug-likeness (QED) is 0.0211. The van der Waals surface area contributed by atoms with Crippen LogP contribution in [-0.4, -0.2) is 132 Å². The maximum atomic E-state index is 15.2. The molecule has 9 aromatic carbocycles. The van der Waals surface area contributed by atoms with Gasteiger partial charge in [-0.1, -0.05) is 249 Å². The van der Waals surface area contributed by atoms with Gasteiger partial charge in [0.2, 0.25) is 0 Å². The first-order valence-electron chi connectivity index (χ1n) is 35.7. The lowest BCUT2D eigenvalue weighted by Gasteiger charge is -2.51. The van der Waals surface area contributed by atoms with Gasteiger partial charge in [-0.2, -0.15) is 0 Å². The highest BCUT2D eigenvalue weighted by Gasteiger charge is 2.57. The molecule has 0 amide bonds. The molecule has 0 N–H and O–H groups in total. The highest BCUT2D eigenvalue weighted by molar-refractivity contribution is 5.90. The number of hydrogen-bond acceptors (Lipinski definition) is 18. The number of esters is 2. The molecule has 2 saturated heterocycles. The number of rotatable bonds is 34. The van der Waals surface area contributed by atoms with Crippen LogP contribution in [0.5, 0.6) is 0 Å². The molecule has 18 heteroatoms. The summed E-state index contributed by atoms with van der Waals surface area (Å²) in [5.74, 6) is -2.58. The summed E-state index contributed by atoms with van der Waals surface area (Å²) >= 11 is 0. The molecule has 16 atom stereocenters. The van der Waals surface area contributed by atoms with Crippen LogP contribution >= 0.6 is 0 Å². The van der Waals surface area contributed by atoms with Gasteiger partial charge in [-0.15, -0.1) is 0 Å². The molecule has 2 aliphatic heterocycles. The van der Waals surface area contributed by atoms with E-state index in [1.54, 1.807) is 55.6 Å². The summed E-state index contributed by atoms with van der Waals surface area (Å²) in [6.07, 6.45) is -12.9. The van der Waals surface area contributed by atoms with Crippen molar-refractivity contribution in [1.82, 2.24) is 0 Å². The first-order chi connectivity index (χ1) is 51.4. The number of benzene rings is 9. The molecule has 0 aromatic heterocycles. The zero-order chi connectivity index (χ0) is 70.9. The van der Waals surface area contributed by atoms with Gasteiger partial charge >= 0.3 is 11.9 Å². The number of carbonyl (C=O) groups excluding carboxylic acids is 2. The summed E-state index contributed by atoms with van der Waals surface area (Å²) in [4.78, 5) is 30.3. The van der Waals surface area contributed by atoms with E-state index in [2.05, 4.69) is 0 Å². The first kappa shape index (κ1) is 73.7. The standard InChI is InChI=1S/C86H90O18/c1-89-71-47-69(55-90-49-60-29-11-2-12-30-60)75(79(95-54-65-39-21-7-22-40-65)76(71)94-53-64-37-19-6-20-38-64)100-72-48-70(74(93-52-63-35-17-5-18-36-63)81(103-84(88)67-43-25-9-26-44-67)77(72)102-83(87)66-41-23-8-24-42-66)56-96-86-82(99-59-92-51-62-33-15-4-16-34-62)80(98-58-91-50-61-31-13-3-14-32-61)78-73(101-86)57-97-85(104-78)68-45-27-10-28-46-68/h2-46,69-82,85-86H,47-59H2,1H3/t69?,70?,71-,72+,73?,74+,75+,76?,77?,78+,79?,80?,81?,82?,85?,86+/m0/s1. The summed E-state index contributed by atoms with van der Waals surface area (Å²) < 4.78 is 110. The lowest BCUT2D eigenvalue weighted by Crippen LogP contribution is -2.65. The van der Waals surface area contributed by atoms with Crippen LogP contribution in [0.2, 0.25) is 0 Å². The molecule has 2 aliphatic carbocycles. The van der Waals surface area contributed by atoms with Crippen LogP contribution in [-0.2, 0) is 115 Å². The van der Waals surface area contributed by atoms with Gasteiger partial charge in [-0.25, -0.2) is 9.59 Å². The average Bonchev–Trinajstić information content (AvgIpc) is 0.769. The molecular formula is C86H90O18. The Kier molecular flexibility index (Phi) is 27.2. The Hall–Kier alpha value is -8.64. The van der Waals surface area contributed by atoms with Crippen molar-refractivity contribution in [2.75, 3.05) is 40.5 Å². The van der Waals surface area contributed by atoms with Crippen LogP contribution in [0.3, 0.4) is 0 Å². The Balaban J connectivity index is 0.902. The number of ether oxygens (including phenoxy) is 16. The Morgan fingerprint density at radius 3 is 1.25 bits per heavy atom. The van der Waals surface area contributed by atoms with Crippen molar-refractivity contribution in [3.63, 3.8) is 0 Å². The Bertz CT molecular complexity index is 3930. The van der Waals surface area contributed by atoms with Gasteiger partial charge in [0.05, 0.1) is 88.9 Å². The number of carbonyl (C=O) groups is 2. The van der Waals surface area contributed by atoms with E-state index in [-0.39, 0.29) is 84.0 Å². The number of hydrogen-bond donors (Lipinski definition) is 0. The fourth-order valence-corrected chi connectivity index (χ4v) is 13.9. The third-order valence-electron chi connectivity index (χ3n) is 19.2. The molecule has 104 heavy (non-hydrogen) atoms. The first-order valence-corrected chi connectivity index (χ1v) is 35.7. The zero-order valence-electron chi connectivity index (χ0n) is 58.3. The van der Waals surface area contributed by atoms with Crippen LogP contribution in [0.4, 0.5) is 0 Å². The SMILES string of the molecule is CO[C@H]1CC(COCc2ccccc2)[C@@H](O[C@@H]2CC(CO[C@@H]3OC4COC(c5ccccc5)O[C@H]4C(OCOCc4ccccc4)C3OCOCc3ccccc3)[C@@H](OCc3ccccc3)C(OC(=O)c3ccccc3)C2OC(=O)c2ccccc2)C(OCc2ccccc2)C1OCc1ccccc1. The highest BCUT2D eigenvalue weighted by Crippen LogP contribution is 2.43. The van der Waals surface area contributed by atoms with E-state index in [1.165, 1.54) is 0 Å². The summed E-state index contributed by atoms with van der Waals surface area (Å²) in [5.41, 5.74) is 6.89. The van der Waals surface area contributed by atoms with Gasteiger partial charge in [0.25, 0.3) is 0 Å². The summed E-state index contributed by atoms with van der Waals surface area (Å²) in [7, 11) is 1.68. The van der Waals surface area contributed by atoms with Crippen LogP contribution in [0, 0.1) is 11.8 Å². The second-order valence-corrected chi connectivity index (χ2v) is 26.4. The number of fused-ring (bicyclic) bond motifs is 1. The van der Waals surface area contributed by atoms with Crippen molar-refractivity contribution >= 4 is 11.9 Å². The monoisotopic (exact) mass is 1410 g/mol. The molecule has 10 unspecified atom stereocenters. The minimum Gasteiger partial charge on any atom is -0.452 e. The van der Waals surface area contributed by atoms with Crippen molar-refractivity contribution in [3.8, 4) is 0 Å². The predicted molar refractivity (Wildman–Crippen MR) is 385 cm³/mol. The third-order valence-corrected chi connectivity index (χ3v) is 19.2. The molecular weight excluding hydrogens is 1320 g/mol.